The van der Waals surface area contributed by atoms with Gasteiger partial charge in [0.25, 0.3) is 6.43 Å². The Morgan fingerprint density at radius 3 is 2.00 bits per heavy atom. The fourth-order valence-corrected chi connectivity index (χ4v) is 0.252. The summed E-state index contributed by atoms with van der Waals surface area (Å²) < 4.78 is 33.8. The van der Waals surface area contributed by atoms with Crippen molar-refractivity contribution in [1.29, 1.82) is 0 Å². The van der Waals surface area contributed by atoms with Gasteiger partial charge in [-0.1, -0.05) is 0 Å². The summed E-state index contributed by atoms with van der Waals surface area (Å²) in [7, 11) is 0. The number of hydrogen-bond donors (Lipinski definition) is 1. The number of alkyl halides is 3. The quantitative estimate of drug-likeness (QED) is 0.599. The van der Waals surface area contributed by atoms with Crippen molar-refractivity contribution in [2.45, 2.75) is 18.9 Å². The molecule has 0 saturated heterocycles. The molecule has 0 radical (unpaired) electrons. The third-order valence-corrected chi connectivity index (χ3v) is 0.766. The van der Waals surface area contributed by atoms with Crippen LogP contribution in [0.25, 0.3) is 0 Å². The standard InChI is InChI=1S/C4H8F3N/c5-2-1-3(8)4(6)7/h3-4H,1-2,8H2. The Morgan fingerprint density at radius 1 is 1.38 bits per heavy atom. The average molecular weight is 127 g/mol. The third kappa shape index (κ3) is 2.85. The van der Waals surface area contributed by atoms with Crippen molar-refractivity contribution in [3.63, 3.8) is 0 Å². The second kappa shape index (κ2) is 3.72. The first-order chi connectivity index (χ1) is 3.68. The van der Waals surface area contributed by atoms with E-state index in [9.17, 15) is 13.2 Å². The lowest BCUT2D eigenvalue weighted by Gasteiger charge is -2.05. The largest absolute Gasteiger partial charge is 0.323 e. The molecular formula is C4H8F3N. The number of halogens is 3. The summed E-state index contributed by atoms with van der Waals surface area (Å²) in [5.41, 5.74) is 4.74. The summed E-state index contributed by atoms with van der Waals surface area (Å²) in [6, 6.07) is -1.29. The molecule has 0 amide bonds. The van der Waals surface area contributed by atoms with Gasteiger partial charge in [-0.3, -0.25) is 4.39 Å². The summed E-state index contributed by atoms with van der Waals surface area (Å²) >= 11 is 0. The van der Waals surface area contributed by atoms with Gasteiger partial charge in [-0.15, -0.1) is 0 Å². The lowest BCUT2D eigenvalue weighted by molar-refractivity contribution is 0.108. The maximum absolute atomic E-state index is 11.3. The zero-order valence-corrected chi connectivity index (χ0v) is 4.28. The van der Waals surface area contributed by atoms with Gasteiger partial charge in [0.2, 0.25) is 0 Å². The molecule has 0 fully saturated rings. The molecule has 0 rings (SSSR count). The molecule has 2 N–H and O–H groups in total. The van der Waals surface area contributed by atoms with Crippen LogP contribution < -0.4 is 5.73 Å². The Bertz CT molecular complexity index is 57.2. The van der Waals surface area contributed by atoms with E-state index in [-0.39, 0.29) is 6.42 Å². The minimum atomic E-state index is -2.59. The van der Waals surface area contributed by atoms with E-state index in [0.717, 1.165) is 0 Å². The summed E-state index contributed by atoms with van der Waals surface area (Å²) in [6.07, 6.45) is -2.84. The molecule has 8 heavy (non-hydrogen) atoms. The highest BCUT2D eigenvalue weighted by atomic mass is 19.3. The zero-order valence-electron chi connectivity index (χ0n) is 4.28. The van der Waals surface area contributed by atoms with Crippen molar-refractivity contribution in [2.75, 3.05) is 6.67 Å². The van der Waals surface area contributed by atoms with Crippen molar-refractivity contribution in [2.24, 2.45) is 5.73 Å². The van der Waals surface area contributed by atoms with Crippen molar-refractivity contribution < 1.29 is 13.2 Å². The van der Waals surface area contributed by atoms with Crippen LogP contribution >= 0.6 is 0 Å². The first kappa shape index (κ1) is 7.75. The molecule has 0 bridgehead atoms. The predicted octanol–water partition coefficient (Wildman–Crippen LogP) is 0.938. The predicted molar refractivity (Wildman–Crippen MR) is 24.6 cm³/mol. The van der Waals surface area contributed by atoms with Gasteiger partial charge in [0.1, 0.15) is 0 Å². The molecule has 0 aromatic rings. The lowest BCUT2D eigenvalue weighted by Crippen LogP contribution is -2.28. The van der Waals surface area contributed by atoms with Gasteiger partial charge in [-0.05, 0) is 6.42 Å². The third-order valence-electron chi connectivity index (χ3n) is 0.766. The molecule has 0 heterocycles. The van der Waals surface area contributed by atoms with E-state index >= 15 is 0 Å². The van der Waals surface area contributed by atoms with E-state index in [4.69, 9.17) is 5.73 Å². The average Bonchev–Trinajstić information content (AvgIpc) is 1.67. The molecule has 50 valence electrons. The van der Waals surface area contributed by atoms with E-state index < -0.39 is 19.1 Å². The van der Waals surface area contributed by atoms with Crippen LogP contribution in [-0.4, -0.2) is 19.1 Å². The van der Waals surface area contributed by atoms with Gasteiger partial charge in [0.15, 0.2) is 0 Å². The number of rotatable bonds is 3. The molecule has 0 aromatic carbocycles. The summed E-state index contributed by atoms with van der Waals surface area (Å²) in [6.45, 7) is -0.772. The molecular weight excluding hydrogens is 119 g/mol. The first-order valence-electron chi connectivity index (χ1n) is 2.28. The second-order valence-corrected chi connectivity index (χ2v) is 1.48. The van der Waals surface area contributed by atoms with Crippen molar-refractivity contribution in [1.82, 2.24) is 0 Å². The zero-order chi connectivity index (χ0) is 6.57. The van der Waals surface area contributed by atoms with Crippen LogP contribution in [0.2, 0.25) is 0 Å². The van der Waals surface area contributed by atoms with Crippen LogP contribution in [0.15, 0.2) is 0 Å². The second-order valence-electron chi connectivity index (χ2n) is 1.48. The van der Waals surface area contributed by atoms with Crippen LogP contribution in [0.5, 0.6) is 0 Å². The number of nitrogens with two attached hydrogens (primary N) is 1. The highest BCUT2D eigenvalue weighted by molar-refractivity contribution is 4.61. The van der Waals surface area contributed by atoms with Gasteiger partial charge in [-0.2, -0.15) is 0 Å². The summed E-state index contributed by atoms with van der Waals surface area (Å²) in [5, 5.41) is 0. The molecule has 0 spiro atoms. The Labute approximate surface area is 45.7 Å². The minimum absolute atomic E-state index is 0.252. The normalized spacial score (nSPS) is 14.6. The fraction of sp³-hybridized carbons (Fsp3) is 1.00. The van der Waals surface area contributed by atoms with Gasteiger partial charge < -0.3 is 5.73 Å². The smallest absolute Gasteiger partial charge is 0.253 e. The maximum Gasteiger partial charge on any atom is 0.253 e. The number of hydrogen-bond acceptors (Lipinski definition) is 1. The van der Waals surface area contributed by atoms with Crippen molar-refractivity contribution in [3.8, 4) is 0 Å². The van der Waals surface area contributed by atoms with Crippen LogP contribution in [0.3, 0.4) is 0 Å². The first-order valence-corrected chi connectivity index (χ1v) is 2.28. The molecule has 0 aromatic heterocycles. The van der Waals surface area contributed by atoms with Crippen LogP contribution in [-0.2, 0) is 0 Å². The minimum Gasteiger partial charge on any atom is -0.323 e. The van der Waals surface area contributed by atoms with E-state index in [1.807, 2.05) is 0 Å². The molecule has 0 aliphatic carbocycles. The summed E-state index contributed by atoms with van der Waals surface area (Å²) in [4.78, 5) is 0. The van der Waals surface area contributed by atoms with E-state index in [0.29, 0.717) is 0 Å². The monoisotopic (exact) mass is 127 g/mol. The van der Waals surface area contributed by atoms with Crippen molar-refractivity contribution >= 4 is 0 Å². The van der Waals surface area contributed by atoms with Gasteiger partial charge in [-0.25, -0.2) is 8.78 Å². The SMILES string of the molecule is NC(CCF)C(F)F. The molecule has 0 aliphatic heterocycles. The highest BCUT2D eigenvalue weighted by Crippen LogP contribution is 2.01. The molecule has 0 saturated carbocycles. The van der Waals surface area contributed by atoms with E-state index in [2.05, 4.69) is 0 Å². The van der Waals surface area contributed by atoms with Crippen LogP contribution in [0.4, 0.5) is 13.2 Å². The maximum atomic E-state index is 11.3. The Hall–Kier alpha value is -0.250. The Kier molecular flexibility index (Phi) is 3.60. The van der Waals surface area contributed by atoms with E-state index in [1.165, 1.54) is 0 Å². The Morgan fingerprint density at radius 2 is 1.88 bits per heavy atom. The van der Waals surface area contributed by atoms with Crippen LogP contribution in [0, 0.1) is 0 Å². The fourth-order valence-electron chi connectivity index (χ4n) is 0.252. The van der Waals surface area contributed by atoms with Gasteiger partial charge in [0.05, 0.1) is 12.7 Å². The van der Waals surface area contributed by atoms with Crippen molar-refractivity contribution in [3.05, 3.63) is 0 Å². The topological polar surface area (TPSA) is 26.0 Å². The highest BCUT2D eigenvalue weighted by Gasteiger charge is 2.13. The molecule has 0 aliphatic rings. The molecule has 1 atom stereocenters. The van der Waals surface area contributed by atoms with Gasteiger partial charge in [0, 0.05) is 0 Å². The summed E-state index contributed by atoms with van der Waals surface area (Å²) in [5.74, 6) is 0. The Balaban J connectivity index is 3.17. The molecule has 1 unspecified atom stereocenters. The van der Waals surface area contributed by atoms with E-state index in [1.54, 1.807) is 0 Å². The molecule has 1 nitrogen and oxygen atoms in total. The lowest BCUT2D eigenvalue weighted by atomic mass is 10.2. The van der Waals surface area contributed by atoms with Crippen LogP contribution in [0.1, 0.15) is 6.42 Å². The molecule has 4 heteroatoms. The van der Waals surface area contributed by atoms with Gasteiger partial charge >= 0.3 is 0 Å².